The van der Waals surface area contributed by atoms with Gasteiger partial charge in [-0.05, 0) is 12.1 Å². The lowest BCUT2D eigenvalue weighted by Gasteiger charge is -2.34. The van der Waals surface area contributed by atoms with E-state index in [4.69, 9.17) is 5.11 Å². The zero-order valence-corrected chi connectivity index (χ0v) is 13.9. The third kappa shape index (κ3) is 4.22. The van der Waals surface area contributed by atoms with Crippen LogP contribution in [0.2, 0.25) is 0 Å². The van der Waals surface area contributed by atoms with Crippen molar-refractivity contribution in [3.63, 3.8) is 0 Å². The minimum absolute atomic E-state index is 0.00444. The predicted octanol–water partition coefficient (Wildman–Crippen LogP) is 0.245. The van der Waals surface area contributed by atoms with Crippen LogP contribution in [0.5, 0.6) is 0 Å². The van der Waals surface area contributed by atoms with Gasteiger partial charge in [-0.1, -0.05) is 18.2 Å². The molecule has 0 aliphatic carbocycles. The van der Waals surface area contributed by atoms with Crippen molar-refractivity contribution in [1.29, 1.82) is 0 Å². The zero-order valence-electron chi connectivity index (χ0n) is 12.2. The van der Waals surface area contributed by atoms with Crippen LogP contribution >= 0.6 is 11.8 Å². The molecule has 0 bridgehead atoms. The van der Waals surface area contributed by atoms with E-state index in [2.05, 4.69) is 0 Å². The third-order valence-corrected chi connectivity index (χ3v) is 6.27. The van der Waals surface area contributed by atoms with E-state index in [-0.39, 0.29) is 17.4 Å². The Kier molecular flexibility index (Phi) is 6.25. The first-order valence-electron chi connectivity index (χ1n) is 7.07. The summed E-state index contributed by atoms with van der Waals surface area (Å²) in [6, 6.07) is 8.34. The van der Waals surface area contributed by atoms with Gasteiger partial charge in [0.2, 0.25) is 15.9 Å². The summed E-state index contributed by atoms with van der Waals surface area (Å²) in [4.78, 5) is 13.9. The van der Waals surface area contributed by atoms with Crippen molar-refractivity contribution < 1.29 is 18.3 Å². The summed E-state index contributed by atoms with van der Waals surface area (Å²) in [7, 11) is -3.47. The normalized spacial score (nSPS) is 16.7. The molecule has 1 N–H and O–H groups in total. The monoisotopic (exact) mass is 344 g/mol. The molecular formula is C14H20N2O4S2. The molecule has 1 aliphatic rings. The SMILES string of the molecule is O=C(CSCCO)N1CCN(S(=O)(=O)c2ccccc2)CC1. The van der Waals surface area contributed by atoms with Crippen LogP contribution in [0.1, 0.15) is 0 Å². The van der Waals surface area contributed by atoms with Crippen molar-refractivity contribution in [1.82, 2.24) is 9.21 Å². The number of aliphatic hydroxyl groups is 1. The second-order valence-corrected chi connectivity index (χ2v) is 7.92. The van der Waals surface area contributed by atoms with Gasteiger partial charge in [-0.2, -0.15) is 4.31 Å². The number of sulfonamides is 1. The standard InChI is InChI=1S/C14H20N2O4S2/c17-10-11-21-12-14(18)15-6-8-16(9-7-15)22(19,20)13-4-2-1-3-5-13/h1-5,17H,6-12H2. The van der Waals surface area contributed by atoms with Gasteiger partial charge < -0.3 is 10.0 Å². The molecule has 122 valence electrons. The molecule has 1 fully saturated rings. The van der Waals surface area contributed by atoms with Crippen LogP contribution in [0.3, 0.4) is 0 Å². The van der Waals surface area contributed by atoms with E-state index in [1.165, 1.54) is 16.1 Å². The summed E-state index contributed by atoms with van der Waals surface area (Å²) in [5, 5.41) is 8.70. The first-order valence-corrected chi connectivity index (χ1v) is 9.67. The fraction of sp³-hybridized carbons (Fsp3) is 0.500. The van der Waals surface area contributed by atoms with Gasteiger partial charge in [0.25, 0.3) is 0 Å². The molecule has 1 aliphatic heterocycles. The van der Waals surface area contributed by atoms with Crippen LogP contribution in [0.15, 0.2) is 35.2 Å². The van der Waals surface area contributed by atoms with Crippen molar-refractivity contribution in [2.24, 2.45) is 0 Å². The molecule has 1 heterocycles. The highest BCUT2D eigenvalue weighted by molar-refractivity contribution is 7.99. The Bertz CT molecular complexity index is 584. The van der Waals surface area contributed by atoms with Crippen molar-refractivity contribution in [2.75, 3.05) is 44.3 Å². The van der Waals surface area contributed by atoms with Crippen molar-refractivity contribution in [3.05, 3.63) is 30.3 Å². The minimum Gasteiger partial charge on any atom is -0.396 e. The molecule has 1 aromatic carbocycles. The van der Waals surface area contributed by atoms with Crippen LogP contribution in [-0.4, -0.2) is 72.9 Å². The molecule has 6 nitrogen and oxygen atoms in total. The number of rotatable bonds is 6. The maximum Gasteiger partial charge on any atom is 0.243 e. The molecule has 1 amide bonds. The summed E-state index contributed by atoms with van der Waals surface area (Å²) in [5.74, 6) is 0.857. The quantitative estimate of drug-likeness (QED) is 0.748. The number of hydrogen-bond acceptors (Lipinski definition) is 5. The molecule has 1 saturated heterocycles. The van der Waals surface area contributed by atoms with Gasteiger partial charge in [-0.3, -0.25) is 4.79 Å². The van der Waals surface area contributed by atoms with E-state index in [1.807, 2.05) is 0 Å². The fourth-order valence-corrected chi connectivity index (χ4v) is 4.31. The molecule has 0 unspecified atom stereocenters. The van der Waals surface area contributed by atoms with Gasteiger partial charge in [0.15, 0.2) is 0 Å². The Morgan fingerprint density at radius 1 is 1.14 bits per heavy atom. The lowest BCUT2D eigenvalue weighted by molar-refractivity contribution is -0.129. The predicted molar refractivity (Wildman–Crippen MR) is 86.2 cm³/mol. The van der Waals surface area contributed by atoms with Crippen LogP contribution in [0.4, 0.5) is 0 Å². The van der Waals surface area contributed by atoms with E-state index in [9.17, 15) is 13.2 Å². The van der Waals surface area contributed by atoms with Crippen LogP contribution < -0.4 is 0 Å². The second kappa shape index (κ2) is 7.96. The zero-order chi connectivity index (χ0) is 16.0. The summed E-state index contributed by atoms with van der Waals surface area (Å²) < 4.78 is 26.4. The molecular weight excluding hydrogens is 324 g/mol. The number of thioether (sulfide) groups is 1. The summed E-state index contributed by atoms with van der Waals surface area (Å²) in [6.45, 7) is 1.50. The molecule has 0 radical (unpaired) electrons. The average molecular weight is 344 g/mol. The van der Waals surface area contributed by atoms with E-state index in [0.717, 1.165) is 0 Å². The molecule has 0 spiro atoms. The minimum atomic E-state index is -3.47. The molecule has 0 saturated carbocycles. The van der Waals surface area contributed by atoms with E-state index >= 15 is 0 Å². The number of benzene rings is 1. The maximum atomic E-state index is 12.5. The van der Waals surface area contributed by atoms with Gasteiger partial charge in [0.1, 0.15) is 0 Å². The third-order valence-electron chi connectivity index (χ3n) is 3.43. The number of carbonyl (C=O) groups is 1. The highest BCUT2D eigenvalue weighted by Gasteiger charge is 2.29. The molecule has 0 atom stereocenters. The van der Waals surface area contributed by atoms with Crippen molar-refractivity contribution >= 4 is 27.7 Å². The first-order chi connectivity index (χ1) is 10.6. The molecule has 8 heteroatoms. The number of amides is 1. The van der Waals surface area contributed by atoms with E-state index in [0.29, 0.717) is 37.7 Å². The van der Waals surface area contributed by atoms with Gasteiger partial charge in [0, 0.05) is 31.9 Å². The lowest BCUT2D eigenvalue weighted by atomic mass is 10.3. The summed E-state index contributed by atoms with van der Waals surface area (Å²) >= 11 is 1.39. The Hall–Kier alpha value is -1.09. The van der Waals surface area contributed by atoms with Crippen molar-refractivity contribution in [2.45, 2.75) is 4.90 Å². The van der Waals surface area contributed by atoms with Gasteiger partial charge >= 0.3 is 0 Å². The average Bonchev–Trinajstić information content (AvgIpc) is 2.56. The van der Waals surface area contributed by atoms with Crippen LogP contribution in [0, 0.1) is 0 Å². The Morgan fingerprint density at radius 2 is 1.77 bits per heavy atom. The number of aliphatic hydroxyl groups excluding tert-OH is 1. The summed E-state index contributed by atoms with van der Waals surface area (Å²) in [5.41, 5.74) is 0. The molecule has 1 aromatic rings. The molecule has 2 rings (SSSR count). The van der Waals surface area contributed by atoms with Crippen molar-refractivity contribution in [3.8, 4) is 0 Å². The van der Waals surface area contributed by atoms with E-state index in [1.54, 1.807) is 35.2 Å². The fourth-order valence-electron chi connectivity index (χ4n) is 2.23. The van der Waals surface area contributed by atoms with E-state index < -0.39 is 10.0 Å². The topological polar surface area (TPSA) is 77.9 Å². The highest BCUT2D eigenvalue weighted by atomic mass is 32.2. The number of nitrogens with zero attached hydrogens (tertiary/aromatic N) is 2. The van der Waals surface area contributed by atoms with Gasteiger partial charge in [0.05, 0.1) is 17.3 Å². The lowest BCUT2D eigenvalue weighted by Crippen LogP contribution is -2.51. The largest absolute Gasteiger partial charge is 0.396 e. The Labute approximate surface area is 135 Å². The van der Waals surface area contributed by atoms with Crippen LogP contribution in [0.25, 0.3) is 0 Å². The Morgan fingerprint density at radius 3 is 2.36 bits per heavy atom. The smallest absolute Gasteiger partial charge is 0.243 e. The van der Waals surface area contributed by atoms with Gasteiger partial charge in [-0.25, -0.2) is 8.42 Å². The molecule has 22 heavy (non-hydrogen) atoms. The highest BCUT2D eigenvalue weighted by Crippen LogP contribution is 2.17. The maximum absolute atomic E-state index is 12.5. The van der Waals surface area contributed by atoms with Crippen LogP contribution in [-0.2, 0) is 14.8 Å². The Balaban J connectivity index is 1.91. The number of carbonyl (C=O) groups excluding carboxylic acids is 1. The first kappa shape index (κ1) is 17.3. The number of hydrogen-bond donors (Lipinski definition) is 1. The van der Waals surface area contributed by atoms with Gasteiger partial charge in [-0.15, -0.1) is 11.8 Å². The summed E-state index contributed by atoms with van der Waals surface area (Å²) in [6.07, 6.45) is 0. The second-order valence-electron chi connectivity index (χ2n) is 4.87. The molecule has 0 aromatic heterocycles. The number of piperazine rings is 1.